The van der Waals surface area contributed by atoms with Gasteiger partial charge in [-0.2, -0.15) is 0 Å². The second kappa shape index (κ2) is 57.2. The summed E-state index contributed by atoms with van der Waals surface area (Å²) >= 11 is 0. The minimum Gasteiger partial charge on any atom is -0.456 e. The van der Waals surface area contributed by atoms with Gasteiger partial charge in [0.2, 0.25) is 5.91 Å². The summed E-state index contributed by atoms with van der Waals surface area (Å²) in [4.78, 5) is 37.8. The average molecular weight is 1110 g/mol. The molecule has 0 aliphatic rings. The molecule has 0 fully saturated rings. The minimum absolute atomic E-state index is 0.0311. The number of carbonyl (C=O) groups excluding carboxylic acids is 2. The quantitative estimate of drug-likeness (QED) is 0.0205. The van der Waals surface area contributed by atoms with Crippen LogP contribution in [0.5, 0.6) is 0 Å². The zero-order valence-corrected chi connectivity index (χ0v) is 52.3. The van der Waals surface area contributed by atoms with Crippen molar-refractivity contribution in [3.05, 3.63) is 97.2 Å². The highest BCUT2D eigenvalue weighted by atomic mass is 31.2. The number of phosphoric acid groups is 1. The molecule has 78 heavy (non-hydrogen) atoms. The fourth-order valence-electron chi connectivity index (χ4n) is 8.82. The van der Waals surface area contributed by atoms with E-state index in [1.165, 1.54) is 116 Å². The molecule has 0 aromatic heterocycles. The SMILES string of the molecule is CC/C=C\C/C=C\C/C=C\C/C=C\C/C=C\CCCCCCCC(=O)NC(COP(=O)(O)OCC[N+](C)(C)C)C(/C=C/CCCCCCCCCCCC)OC(=O)CCCCCCCCCCC/C=C\C/C=C\CCCCC. The van der Waals surface area contributed by atoms with Crippen LogP contribution in [-0.2, 0) is 27.9 Å². The first-order valence-electron chi connectivity index (χ1n) is 32.1. The van der Waals surface area contributed by atoms with Gasteiger partial charge in [0, 0.05) is 12.8 Å². The van der Waals surface area contributed by atoms with Crippen molar-refractivity contribution in [2.24, 2.45) is 0 Å². The van der Waals surface area contributed by atoms with Crippen LogP contribution in [0, 0.1) is 0 Å². The van der Waals surface area contributed by atoms with Gasteiger partial charge in [0.1, 0.15) is 19.3 Å². The van der Waals surface area contributed by atoms with E-state index >= 15 is 0 Å². The van der Waals surface area contributed by atoms with Crippen LogP contribution in [-0.4, -0.2) is 74.3 Å². The Morgan fingerprint density at radius 2 is 0.821 bits per heavy atom. The average Bonchev–Trinajstić information content (AvgIpc) is 3.40. The number of nitrogens with zero attached hydrogens (tertiary/aromatic N) is 1. The first-order chi connectivity index (χ1) is 37.9. The van der Waals surface area contributed by atoms with Gasteiger partial charge in [0.25, 0.3) is 0 Å². The second-order valence-corrected chi connectivity index (χ2v) is 24.0. The summed E-state index contributed by atoms with van der Waals surface area (Å²) in [7, 11) is 1.47. The number of esters is 1. The van der Waals surface area contributed by atoms with Gasteiger partial charge < -0.3 is 19.4 Å². The maximum Gasteiger partial charge on any atom is 0.472 e. The fourth-order valence-corrected chi connectivity index (χ4v) is 9.56. The molecule has 0 aromatic carbocycles. The fraction of sp³-hybridized carbons (Fsp3) is 0.735. The van der Waals surface area contributed by atoms with Crippen molar-refractivity contribution in [2.75, 3.05) is 40.9 Å². The van der Waals surface area contributed by atoms with E-state index in [4.69, 9.17) is 13.8 Å². The van der Waals surface area contributed by atoms with Crippen molar-refractivity contribution in [2.45, 2.75) is 283 Å². The number of amides is 1. The first kappa shape index (κ1) is 74.9. The molecule has 0 saturated carbocycles. The van der Waals surface area contributed by atoms with E-state index in [0.29, 0.717) is 17.4 Å². The van der Waals surface area contributed by atoms with Crippen molar-refractivity contribution in [3.63, 3.8) is 0 Å². The number of quaternary nitrogens is 1. The highest BCUT2D eigenvalue weighted by Crippen LogP contribution is 2.43. The van der Waals surface area contributed by atoms with Crippen LogP contribution in [0.1, 0.15) is 271 Å². The second-order valence-electron chi connectivity index (χ2n) is 22.5. The highest BCUT2D eigenvalue weighted by molar-refractivity contribution is 7.47. The standard InChI is InChI=1S/C68H121N2O7P/c1-7-10-13-16-19-22-25-28-30-32-34-35-37-38-40-42-45-48-51-54-57-60-67(71)69-65(64-76-78(73,74)75-63-62-70(4,5)6)66(59-56-53-50-47-44-27-24-21-18-15-12-9-3)77-68(72)61-58-55-52-49-46-43-41-39-36-33-31-29-26-23-20-17-14-11-8-2/h10,13,19-20,22-23,28-31,34-35,38,40,56,59,65-66H,7-9,11-12,14-18,21,24-27,32-33,36-37,39,41-55,57-58,60-64H2,1-6H3,(H-,69,71,73,74)/p+1/b13-10-,22-19-,23-20-,30-28-,31-29-,35-34-,40-38-,59-56+. The molecule has 0 aliphatic heterocycles. The summed E-state index contributed by atoms with van der Waals surface area (Å²) in [5.74, 6) is -0.533. The van der Waals surface area contributed by atoms with Crippen molar-refractivity contribution in [1.82, 2.24) is 5.32 Å². The van der Waals surface area contributed by atoms with E-state index in [1.807, 2.05) is 33.3 Å². The van der Waals surface area contributed by atoms with Crippen molar-refractivity contribution in [1.29, 1.82) is 0 Å². The largest absolute Gasteiger partial charge is 0.472 e. The lowest BCUT2D eigenvalue weighted by atomic mass is 10.0. The van der Waals surface area contributed by atoms with Crippen LogP contribution in [0.4, 0.5) is 0 Å². The van der Waals surface area contributed by atoms with Gasteiger partial charge in [-0.15, -0.1) is 0 Å². The molecular weight excluding hydrogens is 988 g/mol. The highest BCUT2D eigenvalue weighted by Gasteiger charge is 2.30. The summed E-state index contributed by atoms with van der Waals surface area (Å²) in [5, 5.41) is 3.05. The van der Waals surface area contributed by atoms with E-state index in [2.05, 4.69) is 111 Å². The van der Waals surface area contributed by atoms with Crippen molar-refractivity contribution < 1.29 is 37.3 Å². The predicted octanol–water partition coefficient (Wildman–Crippen LogP) is 19.9. The number of allylic oxidation sites excluding steroid dienone is 15. The predicted molar refractivity (Wildman–Crippen MR) is 337 cm³/mol. The Morgan fingerprint density at radius 3 is 1.26 bits per heavy atom. The molecule has 3 atom stereocenters. The maximum absolute atomic E-state index is 13.6. The van der Waals surface area contributed by atoms with Gasteiger partial charge in [-0.3, -0.25) is 18.6 Å². The number of carbonyl (C=O) groups is 2. The van der Waals surface area contributed by atoms with Crippen LogP contribution in [0.2, 0.25) is 0 Å². The molecule has 450 valence electrons. The minimum atomic E-state index is -4.46. The zero-order chi connectivity index (χ0) is 57.2. The molecule has 10 heteroatoms. The molecule has 3 unspecified atom stereocenters. The smallest absolute Gasteiger partial charge is 0.456 e. The van der Waals surface area contributed by atoms with Gasteiger partial charge in [-0.1, -0.05) is 247 Å². The Balaban J connectivity index is 5.27. The van der Waals surface area contributed by atoms with Crippen LogP contribution >= 0.6 is 7.82 Å². The molecule has 1 amide bonds. The molecule has 0 aliphatic carbocycles. The van der Waals surface area contributed by atoms with Gasteiger partial charge in [-0.25, -0.2) is 4.57 Å². The number of hydrogen-bond acceptors (Lipinski definition) is 6. The van der Waals surface area contributed by atoms with Crippen LogP contribution in [0.15, 0.2) is 97.2 Å². The first-order valence-corrected chi connectivity index (χ1v) is 33.6. The number of likely N-dealkylation sites (N-methyl/N-ethyl adjacent to an activating group) is 1. The van der Waals surface area contributed by atoms with Gasteiger partial charge in [-0.05, 0) is 109 Å². The maximum atomic E-state index is 13.6. The van der Waals surface area contributed by atoms with E-state index < -0.39 is 20.0 Å². The van der Waals surface area contributed by atoms with E-state index in [0.717, 1.165) is 122 Å². The van der Waals surface area contributed by atoms with Crippen molar-refractivity contribution >= 4 is 19.7 Å². The number of phosphoric ester groups is 1. The normalized spacial score (nSPS) is 14.3. The Morgan fingerprint density at radius 1 is 0.462 bits per heavy atom. The summed E-state index contributed by atoms with van der Waals surface area (Å²) < 4.78 is 30.7. The molecule has 0 heterocycles. The third kappa shape index (κ3) is 57.6. The van der Waals surface area contributed by atoms with Gasteiger partial charge >= 0.3 is 13.8 Å². The lowest BCUT2D eigenvalue weighted by Crippen LogP contribution is -2.47. The molecular formula is C68H122N2O7P+. The van der Waals surface area contributed by atoms with Crippen LogP contribution in [0.3, 0.4) is 0 Å². The van der Waals surface area contributed by atoms with Crippen molar-refractivity contribution in [3.8, 4) is 0 Å². The van der Waals surface area contributed by atoms with E-state index in [-0.39, 0.29) is 31.5 Å². The van der Waals surface area contributed by atoms with Gasteiger partial charge in [0.15, 0.2) is 0 Å². The van der Waals surface area contributed by atoms with Crippen LogP contribution in [0.25, 0.3) is 0 Å². The summed E-state index contributed by atoms with van der Waals surface area (Å²) in [6.45, 7) is 6.86. The topological polar surface area (TPSA) is 111 Å². The lowest BCUT2D eigenvalue weighted by Gasteiger charge is -2.27. The Labute approximate surface area is 481 Å². The molecule has 2 N–H and O–H groups in total. The lowest BCUT2D eigenvalue weighted by molar-refractivity contribution is -0.870. The molecule has 0 aromatic rings. The third-order valence-corrected chi connectivity index (χ3v) is 14.7. The zero-order valence-electron chi connectivity index (χ0n) is 51.4. The number of nitrogens with one attached hydrogen (secondary N) is 1. The Hall–Kier alpha value is -3.07. The number of rotatable bonds is 57. The molecule has 0 spiro atoms. The Bertz CT molecular complexity index is 1660. The third-order valence-electron chi connectivity index (χ3n) is 13.8. The molecule has 9 nitrogen and oxygen atoms in total. The molecule has 0 rings (SSSR count). The van der Waals surface area contributed by atoms with Gasteiger partial charge in [0.05, 0.1) is 33.8 Å². The number of hydrogen-bond donors (Lipinski definition) is 2. The Kier molecular flexibility index (Phi) is 54.9. The molecule has 0 radical (unpaired) electrons. The summed E-state index contributed by atoms with van der Waals surface area (Å²) in [5.41, 5.74) is 0. The number of ether oxygens (including phenoxy) is 1. The van der Waals surface area contributed by atoms with Crippen LogP contribution < -0.4 is 5.32 Å². The number of unbranched alkanes of at least 4 members (excludes halogenated alkanes) is 27. The molecule has 0 saturated heterocycles. The monoisotopic (exact) mass is 1110 g/mol. The molecule has 0 bridgehead atoms. The van der Waals surface area contributed by atoms with E-state index in [9.17, 15) is 19.0 Å². The summed E-state index contributed by atoms with van der Waals surface area (Å²) in [6.07, 6.45) is 76.8. The van der Waals surface area contributed by atoms with E-state index in [1.54, 1.807) is 0 Å². The summed E-state index contributed by atoms with van der Waals surface area (Å²) in [6, 6.07) is -0.866.